The monoisotopic (exact) mass is 358 g/mol. The lowest BCUT2D eigenvalue weighted by Gasteiger charge is -2.32. The molecule has 0 aliphatic carbocycles. The summed E-state index contributed by atoms with van der Waals surface area (Å²) in [5.41, 5.74) is 2.20. The van der Waals surface area contributed by atoms with Crippen LogP contribution in [0.3, 0.4) is 0 Å². The van der Waals surface area contributed by atoms with Crippen LogP contribution in [-0.4, -0.2) is 39.7 Å². The zero-order chi connectivity index (χ0) is 17.6. The molecule has 6 heteroatoms. The summed E-state index contributed by atoms with van der Waals surface area (Å²) >= 11 is 5.92. The Morgan fingerprint density at radius 3 is 2.68 bits per heavy atom. The third-order valence-electron chi connectivity index (χ3n) is 4.41. The molecule has 0 atom stereocenters. The van der Waals surface area contributed by atoms with Crippen molar-refractivity contribution in [2.24, 2.45) is 7.05 Å². The maximum absolute atomic E-state index is 12.0. The van der Waals surface area contributed by atoms with Gasteiger partial charge in [-0.3, -0.25) is 14.4 Å². The molecule has 3 rings (SSSR count). The molecule has 1 aliphatic heterocycles. The van der Waals surface area contributed by atoms with Crippen LogP contribution in [0.15, 0.2) is 42.7 Å². The van der Waals surface area contributed by atoms with Gasteiger partial charge in [0.05, 0.1) is 6.20 Å². The van der Waals surface area contributed by atoms with Crippen LogP contribution in [0.25, 0.3) is 6.08 Å². The summed E-state index contributed by atoms with van der Waals surface area (Å²) in [6.45, 7) is 2.90. The van der Waals surface area contributed by atoms with Crippen molar-refractivity contribution < 1.29 is 4.79 Å². The Kier molecular flexibility index (Phi) is 5.89. The van der Waals surface area contributed by atoms with E-state index in [0.29, 0.717) is 0 Å². The van der Waals surface area contributed by atoms with Crippen LogP contribution in [-0.2, 0) is 18.4 Å². The highest BCUT2D eigenvalue weighted by atomic mass is 35.5. The van der Waals surface area contributed by atoms with Crippen LogP contribution in [0, 0.1) is 0 Å². The summed E-state index contributed by atoms with van der Waals surface area (Å²) in [5, 5.41) is 7.94. The van der Waals surface area contributed by atoms with Crippen LogP contribution in [0.4, 0.5) is 0 Å². The number of hydrogen-bond donors (Lipinski definition) is 1. The predicted molar refractivity (Wildman–Crippen MR) is 100 cm³/mol. The van der Waals surface area contributed by atoms with E-state index in [1.54, 1.807) is 23.0 Å². The van der Waals surface area contributed by atoms with Gasteiger partial charge in [-0.25, -0.2) is 0 Å². The van der Waals surface area contributed by atoms with Crippen molar-refractivity contribution >= 4 is 23.6 Å². The normalized spacial score (nSPS) is 16.4. The number of carbonyl (C=O) groups is 1. The summed E-state index contributed by atoms with van der Waals surface area (Å²) in [5.74, 6) is -0.0417. The number of aromatic nitrogens is 2. The zero-order valence-electron chi connectivity index (χ0n) is 14.4. The molecule has 1 fully saturated rings. The summed E-state index contributed by atoms with van der Waals surface area (Å²) in [6, 6.07) is 8.24. The number of hydrogen-bond acceptors (Lipinski definition) is 3. The minimum absolute atomic E-state index is 0.0417. The van der Waals surface area contributed by atoms with Crippen LogP contribution < -0.4 is 5.32 Å². The molecule has 1 amide bonds. The molecule has 1 N–H and O–H groups in total. The van der Waals surface area contributed by atoms with Crippen molar-refractivity contribution in [3.63, 3.8) is 0 Å². The van der Waals surface area contributed by atoms with Crippen molar-refractivity contribution in [2.45, 2.75) is 25.4 Å². The van der Waals surface area contributed by atoms with E-state index in [0.717, 1.165) is 43.1 Å². The number of nitrogens with one attached hydrogen (secondary N) is 1. The van der Waals surface area contributed by atoms with Gasteiger partial charge < -0.3 is 5.32 Å². The van der Waals surface area contributed by atoms with E-state index in [1.807, 2.05) is 25.4 Å². The first-order valence-corrected chi connectivity index (χ1v) is 8.90. The van der Waals surface area contributed by atoms with E-state index >= 15 is 0 Å². The van der Waals surface area contributed by atoms with Crippen LogP contribution >= 0.6 is 11.6 Å². The lowest BCUT2D eigenvalue weighted by Crippen LogP contribution is -2.43. The highest BCUT2D eigenvalue weighted by Crippen LogP contribution is 2.16. The van der Waals surface area contributed by atoms with E-state index in [4.69, 9.17) is 11.6 Å². The molecule has 0 saturated carbocycles. The number of nitrogens with zero attached hydrogens (tertiary/aromatic N) is 3. The summed E-state index contributed by atoms with van der Waals surface area (Å²) < 4.78 is 1.72. The molecule has 1 saturated heterocycles. The van der Waals surface area contributed by atoms with E-state index in [1.165, 1.54) is 5.56 Å². The molecule has 1 aromatic heterocycles. The zero-order valence-corrected chi connectivity index (χ0v) is 15.1. The fourth-order valence-electron chi connectivity index (χ4n) is 3.03. The Morgan fingerprint density at radius 1 is 1.32 bits per heavy atom. The molecule has 1 aromatic carbocycles. The van der Waals surface area contributed by atoms with Crippen molar-refractivity contribution in [3.05, 3.63) is 58.9 Å². The first-order valence-electron chi connectivity index (χ1n) is 8.52. The van der Waals surface area contributed by atoms with Crippen LogP contribution in [0.2, 0.25) is 5.02 Å². The molecular formula is C19H23ClN4O. The number of halogens is 1. The van der Waals surface area contributed by atoms with E-state index in [9.17, 15) is 4.79 Å². The number of amides is 1. The minimum Gasteiger partial charge on any atom is -0.350 e. The molecule has 0 unspecified atom stereocenters. The number of carbonyl (C=O) groups excluding carboxylic acids is 1. The molecule has 0 spiro atoms. The molecule has 2 aromatic rings. The van der Waals surface area contributed by atoms with Gasteiger partial charge in [0.1, 0.15) is 0 Å². The Bertz CT molecular complexity index is 730. The Labute approximate surface area is 153 Å². The van der Waals surface area contributed by atoms with Gasteiger partial charge in [-0.15, -0.1) is 0 Å². The first kappa shape index (κ1) is 17.7. The van der Waals surface area contributed by atoms with Gasteiger partial charge >= 0.3 is 0 Å². The molecule has 5 nitrogen and oxygen atoms in total. The quantitative estimate of drug-likeness (QED) is 0.836. The lowest BCUT2D eigenvalue weighted by molar-refractivity contribution is -0.117. The van der Waals surface area contributed by atoms with E-state index < -0.39 is 0 Å². The molecule has 25 heavy (non-hydrogen) atoms. The highest BCUT2D eigenvalue weighted by Gasteiger charge is 2.20. The summed E-state index contributed by atoms with van der Waals surface area (Å²) in [4.78, 5) is 14.5. The average Bonchev–Trinajstić information content (AvgIpc) is 3.02. The van der Waals surface area contributed by atoms with Crippen molar-refractivity contribution in [1.29, 1.82) is 0 Å². The fourth-order valence-corrected chi connectivity index (χ4v) is 3.16. The molecule has 132 valence electrons. The van der Waals surface area contributed by atoms with Gasteiger partial charge in [-0.2, -0.15) is 5.10 Å². The van der Waals surface area contributed by atoms with Crippen LogP contribution in [0.1, 0.15) is 24.0 Å². The van der Waals surface area contributed by atoms with E-state index in [2.05, 4.69) is 27.4 Å². The molecule has 1 aliphatic rings. The second-order valence-corrected chi connectivity index (χ2v) is 6.90. The largest absolute Gasteiger partial charge is 0.350 e. The standard InChI is InChI=1S/C19H23ClN4O/c1-23-13-16(12-21-23)4-7-19(25)22-18-8-10-24(11-9-18)14-15-2-5-17(20)6-3-15/h2-7,12-13,18H,8-11,14H2,1H3,(H,22,25)/b7-4+. The minimum atomic E-state index is -0.0417. The van der Waals surface area contributed by atoms with Gasteiger partial charge in [-0.1, -0.05) is 23.7 Å². The number of rotatable bonds is 5. The van der Waals surface area contributed by atoms with Crippen molar-refractivity contribution in [1.82, 2.24) is 20.0 Å². The average molecular weight is 359 g/mol. The Balaban J connectivity index is 1.42. The topological polar surface area (TPSA) is 50.2 Å². The van der Waals surface area contributed by atoms with Gasteiger partial charge in [0, 0.05) is 55.6 Å². The molecule has 0 bridgehead atoms. The van der Waals surface area contributed by atoms with Gasteiger partial charge in [0.25, 0.3) is 0 Å². The Morgan fingerprint density at radius 2 is 2.04 bits per heavy atom. The number of aryl methyl sites for hydroxylation is 1. The number of likely N-dealkylation sites (tertiary alicyclic amines) is 1. The fraction of sp³-hybridized carbons (Fsp3) is 0.368. The molecule has 0 radical (unpaired) electrons. The summed E-state index contributed by atoms with van der Waals surface area (Å²) in [6.07, 6.45) is 8.92. The molecule has 2 heterocycles. The highest BCUT2D eigenvalue weighted by molar-refractivity contribution is 6.30. The number of benzene rings is 1. The second kappa shape index (κ2) is 8.32. The van der Waals surface area contributed by atoms with Crippen LogP contribution in [0.5, 0.6) is 0 Å². The predicted octanol–water partition coefficient (Wildman–Crippen LogP) is 2.87. The number of piperidine rings is 1. The van der Waals surface area contributed by atoms with Gasteiger partial charge in [0.2, 0.25) is 5.91 Å². The van der Waals surface area contributed by atoms with Crippen molar-refractivity contribution in [2.75, 3.05) is 13.1 Å². The van der Waals surface area contributed by atoms with E-state index in [-0.39, 0.29) is 11.9 Å². The third kappa shape index (κ3) is 5.44. The van der Waals surface area contributed by atoms with Gasteiger partial charge in [-0.05, 0) is 36.6 Å². The first-order chi connectivity index (χ1) is 12.1. The Hall–Kier alpha value is -2.11. The maximum Gasteiger partial charge on any atom is 0.244 e. The third-order valence-corrected chi connectivity index (χ3v) is 4.66. The lowest BCUT2D eigenvalue weighted by atomic mass is 10.0. The van der Waals surface area contributed by atoms with Crippen molar-refractivity contribution in [3.8, 4) is 0 Å². The molecular weight excluding hydrogens is 336 g/mol. The van der Waals surface area contributed by atoms with Gasteiger partial charge in [0.15, 0.2) is 0 Å². The smallest absolute Gasteiger partial charge is 0.244 e. The SMILES string of the molecule is Cn1cc(/C=C/C(=O)NC2CCN(Cc3ccc(Cl)cc3)CC2)cn1. The maximum atomic E-state index is 12.0. The second-order valence-electron chi connectivity index (χ2n) is 6.47. The summed E-state index contributed by atoms with van der Waals surface area (Å²) in [7, 11) is 1.86.